The minimum atomic E-state index is 1.02. The largest absolute Gasteiger partial charge is 0.306 e. The molecule has 0 aliphatic heterocycles. The van der Waals surface area contributed by atoms with Crippen molar-refractivity contribution in [2.45, 2.75) is 9.79 Å². The maximum absolute atomic E-state index is 4.73. The second kappa shape index (κ2) is 8.59. The van der Waals surface area contributed by atoms with Crippen LogP contribution in [0.15, 0.2) is 138 Å². The number of benzene rings is 4. The molecule has 0 atom stereocenters. The van der Waals surface area contributed by atoms with Crippen molar-refractivity contribution in [2.24, 2.45) is 0 Å². The number of para-hydroxylation sites is 2. The normalized spacial score (nSPS) is 11.4. The molecule has 0 aliphatic carbocycles. The Morgan fingerprint density at radius 1 is 0.556 bits per heavy atom. The van der Waals surface area contributed by atoms with Gasteiger partial charge < -0.3 is 4.57 Å². The zero-order chi connectivity index (χ0) is 23.9. The first kappa shape index (κ1) is 20.8. The van der Waals surface area contributed by atoms with Crippen LogP contribution in [-0.2, 0) is 0 Å². The van der Waals surface area contributed by atoms with E-state index in [0.717, 1.165) is 26.9 Å². The Balaban J connectivity index is 1.23. The van der Waals surface area contributed by atoms with Crippen molar-refractivity contribution in [3.05, 3.63) is 128 Å². The first-order valence-electron chi connectivity index (χ1n) is 11.8. The fraction of sp³-hybridized carbons (Fsp3) is 0. The Labute approximate surface area is 212 Å². The van der Waals surface area contributed by atoms with Gasteiger partial charge in [-0.05, 0) is 54.6 Å². The molecule has 0 aliphatic rings. The third-order valence-electron chi connectivity index (χ3n) is 6.31. The van der Waals surface area contributed by atoms with Crippen LogP contribution < -0.4 is 0 Å². The fourth-order valence-corrected chi connectivity index (χ4v) is 5.63. The smallest absolute Gasteiger partial charge is 0.0848 e. The van der Waals surface area contributed by atoms with Gasteiger partial charge in [0, 0.05) is 33.0 Å². The van der Waals surface area contributed by atoms with E-state index in [1.165, 1.54) is 21.8 Å². The summed E-state index contributed by atoms with van der Waals surface area (Å²) in [5.41, 5.74) is 5.47. The van der Waals surface area contributed by atoms with Crippen LogP contribution in [0.25, 0.3) is 38.9 Å². The van der Waals surface area contributed by atoms with Gasteiger partial charge in [0.2, 0.25) is 0 Å². The van der Waals surface area contributed by atoms with Crippen LogP contribution in [-0.4, -0.2) is 24.1 Å². The molecule has 4 aromatic carbocycles. The van der Waals surface area contributed by atoms with Gasteiger partial charge in [0.15, 0.2) is 0 Å². The summed E-state index contributed by atoms with van der Waals surface area (Å²) in [5.74, 6) is 0. The standard InChI is InChI=1S/C30H21N5S/c1-3-14-29-27(12-1)28-13-2-4-15-30(28)35(29)24-20-32-34(21-24)23-9-6-11-26(19-23)36-25-10-5-8-22(18-25)33-17-7-16-31-33/h1-21H. The molecule has 3 aromatic heterocycles. The zero-order valence-electron chi connectivity index (χ0n) is 19.3. The average Bonchev–Trinajstić information content (AvgIpc) is 3.68. The lowest BCUT2D eigenvalue weighted by atomic mass is 10.2. The number of aromatic nitrogens is 5. The monoisotopic (exact) mass is 483 g/mol. The molecule has 0 saturated heterocycles. The van der Waals surface area contributed by atoms with Crippen molar-refractivity contribution >= 4 is 33.6 Å². The molecule has 5 nitrogen and oxygen atoms in total. The molecule has 0 fully saturated rings. The molecule has 6 heteroatoms. The summed E-state index contributed by atoms with van der Waals surface area (Å²) in [7, 11) is 0. The van der Waals surface area contributed by atoms with Crippen LogP contribution in [0, 0.1) is 0 Å². The molecule has 0 radical (unpaired) electrons. The van der Waals surface area contributed by atoms with E-state index in [1.54, 1.807) is 18.0 Å². The highest BCUT2D eigenvalue weighted by Crippen LogP contribution is 2.33. The van der Waals surface area contributed by atoms with Crippen LogP contribution in [0.1, 0.15) is 0 Å². The van der Waals surface area contributed by atoms with Crippen LogP contribution in [0.3, 0.4) is 0 Å². The van der Waals surface area contributed by atoms with Gasteiger partial charge in [0.1, 0.15) is 0 Å². The van der Waals surface area contributed by atoms with E-state index in [1.807, 2.05) is 27.8 Å². The summed E-state index contributed by atoms with van der Waals surface area (Å²) in [4.78, 5) is 2.31. The number of nitrogens with zero attached hydrogens (tertiary/aromatic N) is 5. The molecule has 36 heavy (non-hydrogen) atoms. The summed E-state index contributed by atoms with van der Waals surface area (Å²) in [6.45, 7) is 0. The molecule has 0 amide bonds. The summed E-state index contributed by atoms with van der Waals surface area (Å²) in [6.07, 6.45) is 7.78. The van der Waals surface area contributed by atoms with Gasteiger partial charge in [-0.25, -0.2) is 9.36 Å². The Morgan fingerprint density at radius 2 is 1.19 bits per heavy atom. The van der Waals surface area contributed by atoms with Crippen LogP contribution in [0.5, 0.6) is 0 Å². The van der Waals surface area contributed by atoms with Crippen molar-refractivity contribution in [1.29, 1.82) is 0 Å². The Hall–Kier alpha value is -4.55. The molecule has 7 rings (SSSR count). The molecule has 3 heterocycles. The van der Waals surface area contributed by atoms with E-state index >= 15 is 0 Å². The molecule has 7 aromatic rings. The number of rotatable bonds is 5. The van der Waals surface area contributed by atoms with Crippen LogP contribution in [0.4, 0.5) is 0 Å². The number of fused-ring (bicyclic) bond motifs is 3. The molecule has 172 valence electrons. The molecule has 0 unspecified atom stereocenters. The van der Waals surface area contributed by atoms with Crippen LogP contribution >= 0.6 is 11.8 Å². The second-order valence-corrected chi connectivity index (χ2v) is 9.71. The first-order valence-corrected chi connectivity index (χ1v) is 12.6. The minimum Gasteiger partial charge on any atom is -0.306 e. The van der Waals surface area contributed by atoms with E-state index in [0.29, 0.717) is 0 Å². The highest BCUT2D eigenvalue weighted by atomic mass is 32.2. The Kier molecular flexibility index (Phi) is 4.96. The molecule has 0 spiro atoms. The molecular formula is C30H21N5S. The third kappa shape index (κ3) is 3.59. The van der Waals surface area contributed by atoms with Crippen molar-refractivity contribution in [3.8, 4) is 17.1 Å². The van der Waals surface area contributed by atoms with Gasteiger partial charge in [0.25, 0.3) is 0 Å². The maximum Gasteiger partial charge on any atom is 0.0848 e. The predicted molar refractivity (Wildman–Crippen MR) is 146 cm³/mol. The number of hydrogen-bond acceptors (Lipinski definition) is 3. The highest BCUT2D eigenvalue weighted by molar-refractivity contribution is 7.99. The summed E-state index contributed by atoms with van der Waals surface area (Å²) < 4.78 is 6.11. The van der Waals surface area contributed by atoms with Crippen LogP contribution in [0.2, 0.25) is 0 Å². The van der Waals surface area contributed by atoms with Gasteiger partial charge in [-0.2, -0.15) is 10.2 Å². The van der Waals surface area contributed by atoms with E-state index in [9.17, 15) is 0 Å². The van der Waals surface area contributed by atoms with Crippen molar-refractivity contribution in [2.75, 3.05) is 0 Å². The van der Waals surface area contributed by atoms with Crippen molar-refractivity contribution in [3.63, 3.8) is 0 Å². The van der Waals surface area contributed by atoms with Crippen molar-refractivity contribution < 1.29 is 0 Å². The third-order valence-corrected chi connectivity index (χ3v) is 7.29. The lowest BCUT2D eigenvalue weighted by molar-refractivity contribution is 0.876. The highest BCUT2D eigenvalue weighted by Gasteiger charge is 2.13. The van der Waals surface area contributed by atoms with E-state index in [-0.39, 0.29) is 0 Å². The predicted octanol–water partition coefficient (Wildman–Crippen LogP) is 7.31. The summed E-state index contributed by atoms with van der Waals surface area (Å²) in [6, 6.07) is 35.9. The SMILES string of the molecule is c1cc(Sc2cccc(-n3cc(-n4c5ccccc5c5ccccc54)cn3)c2)cc(-n2cccn2)c1. The lowest BCUT2D eigenvalue weighted by Crippen LogP contribution is -1.95. The first-order chi connectivity index (χ1) is 17.8. The lowest BCUT2D eigenvalue weighted by Gasteiger charge is -2.08. The van der Waals surface area contributed by atoms with Gasteiger partial charge in [0.05, 0.1) is 40.5 Å². The zero-order valence-corrected chi connectivity index (χ0v) is 20.1. The molecule has 0 bridgehead atoms. The van der Waals surface area contributed by atoms with Gasteiger partial charge in [-0.15, -0.1) is 0 Å². The van der Waals surface area contributed by atoms with E-state index < -0.39 is 0 Å². The van der Waals surface area contributed by atoms with E-state index in [4.69, 9.17) is 5.10 Å². The molecule has 0 saturated carbocycles. The molecular weight excluding hydrogens is 462 g/mol. The van der Waals surface area contributed by atoms with Gasteiger partial charge in [-0.1, -0.05) is 60.3 Å². The van der Waals surface area contributed by atoms with Crippen molar-refractivity contribution in [1.82, 2.24) is 24.1 Å². The summed E-state index contributed by atoms with van der Waals surface area (Å²) in [5, 5.41) is 11.6. The van der Waals surface area contributed by atoms with Gasteiger partial charge >= 0.3 is 0 Å². The van der Waals surface area contributed by atoms with Gasteiger partial charge in [-0.3, -0.25) is 0 Å². The Morgan fingerprint density at radius 3 is 1.83 bits per heavy atom. The quantitative estimate of drug-likeness (QED) is 0.258. The van der Waals surface area contributed by atoms with E-state index in [2.05, 4.69) is 113 Å². The fourth-order valence-electron chi connectivity index (χ4n) is 4.71. The average molecular weight is 484 g/mol. The second-order valence-electron chi connectivity index (χ2n) is 8.56. The minimum absolute atomic E-state index is 1.02. The topological polar surface area (TPSA) is 40.6 Å². The molecule has 0 N–H and O–H groups in total. The number of hydrogen-bond donors (Lipinski definition) is 0. The Bertz CT molecular complexity index is 1770. The summed E-state index contributed by atoms with van der Waals surface area (Å²) >= 11 is 1.73. The maximum atomic E-state index is 4.73.